The number of aromatic amines is 1. The van der Waals surface area contributed by atoms with Crippen LogP contribution in [0, 0.1) is 5.92 Å². The monoisotopic (exact) mass is 429 g/mol. The van der Waals surface area contributed by atoms with Crippen LogP contribution in [0.2, 0.25) is 0 Å². The molecule has 32 heavy (non-hydrogen) atoms. The minimum Gasteiger partial charge on any atom is -0.338 e. The smallest absolute Gasteiger partial charge is 0.135 e. The zero-order valence-corrected chi connectivity index (χ0v) is 20.7. The standard InChI is InChI=1S/C29H39N3/c1-7-20(4)10-12-24(9-3)26-15-13-25(14-16-26)22(6)30-19-21(5)29-31-27-17-11-23(8-2)18-28(27)32-29/h11,13-20,24H,7-10,12H2,1-6H3,(H,31,32)/b21-19+,30-22?. The molecule has 1 N–H and O–H groups in total. The molecule has 0 fully saturated rings. The van der Waals surface area contributed by atoms with Gasteiger partial charge in [0.25, 0.3) is 0 Å². The Balaban J connectivity index is 1.71. The second-order valence-corrected chi connectivity index (χ2v) is 9.14. The van der Waals surface area contributed by atoms with Crippen molar-refractivity contribution in [2.24, 2.45) is 10.9 Å². The van der Waals surface area contributed by atoms with E-state index < -0.39 is 0 Å². The van der Waals surface area contributed by atoms with Crippen LogP contribution in [0.25, 0.3) is 16.6 Å². The number of benzene rings is 2. The van der Waals surface area contributed by atoms with E-state index in [1.54, 1.807) is 0 Å². The maximum Gasteiger partial charge on any atom is 0.135 e. The molecule has 0 radical (unpaired) electrons. The summed E-state index contributed by atoms with van der Waals surface area (Å²) in [5, 5.41) is 0. The molecule has 3 aromatic rings. The highest BCUT2D eigenvalue weighted by Gasteiger charge is 2.11. The van der Waals surface area contributed by atoms with Gasteiger partial charge in [-0.2, -0.15) is 0 Å². The average molecular weight is 430 g/mol. The third-order valence-electron chi connectivity index (χ3n) is 6.78. The van der Waals surface area contributed by atoms with Crippen molar-refractivity contribution in [2.45, 2.75) is 79.6 Å². The number of allylic oxidation sites excluding steroid dienone is 1. The van der Waals surface area contributed by atoms with Crippen molar-refractivity contribution >= 4 is 22.3 Å². The van der Waals surface area contributed by atoms with Crippen molar-refractivity contribution in [3.8, 4) is 0 Å². The Labute approximate surface area is 194 Å². The number of H-pyrrole nitrogens is 1. The van der Waals surface area contributed by atoms with Gasteiger partial charge in [-0.25, -0.2) is 4.98 Å². The molecule has 2 unspecified atom stereocenters. The van der Waals surface area contributed by atoms with Gasteiger partial charge in [-0.15, -0.1) is 0 Å². The zero-order valence-electron chi connectivity index (χ0n) is 20.7. The first-order chi connectivity index (χ1) is 15.4. The highest BCUT2D eigenvalue weighted by Crippen LogP contribution is 2.27. The highest BCUT2D eigenvalue weighted by molar-refractivity contribution is 5.99. The summed E-state index contributed by atoms with van der Waals surface area (Å²) in [5.74, 6) is 2.35. The summed E-state index contributed by atoms with van der Waals surface area (Å²) in [6, 6.07) is 15.4. The fraction of sp³-hybridized carbons (Fsp3) is 0.448. The molecule has 2 aromatic carbocycles. The summed E-state index contributed by atoms with van der Waals surface area (Å²) in [5.41, 5.74) is 8.08. The first-order valence-electron chi connectivity index (χ1n) is 12.3. The van der Waals surface area contributed by atoms with Crippen molar-refractivity contribution in [1.29, 1.82) is 0 Å². The fourth-order valence-electron chi connectivity index (χ4n) is 4.09. The lowest BCUT2D eigenvalue weighted by molar-refractivity contribution is 0.454. The molecule has 0 spiro atoms. The molecule has 0 aliphatic rings. The molecule has 0 amide bonds. The van der Waals surface area contributed by atoms with Gasteiger partial charge in [0.1, 0.15) is 5.82 Å². The van der Waals surface area contributed by atoms with Crippen molar-refractivity contribution in [1.82, 2.24) is 9.97 Å². The van der Waals surface area contributed by atoms with Crippen LogP contribution in [-0.4, -0.2) is 15.7 Å². The Morgan fingerprint density at radius 1 is 1.00 bits per heavy atom. The van der Waals surface area contributed by atoms with Crippen LogP contribution >= 0.6 is 0 Å². The SMILES string of the molecule is CCc1ccc2nc(/C(C)=C/N=C(C)c3ccc(C(CC)CCC(C)CC)cc3)[nH]c2c1. The predicted molar refractivity (Wildman–Crippen MR) is 139 cm³/mol. The second kappa shape index (κ2) is 11.3. The number of nitrogens with one attached hydrogen (secondary N) is 1. The molecule has 170 valence electrons. The number of aromatic nitrogens is 2. The first kappa shape index (κ1) is 24.0. The summed E-state index contributed by atoms with van der Waals surface area (Å²) < 4.78 is 0. The minimum absolute atomic E-state index is 0.652. The Kier molecular flexibility index (Phi) is 8.44. The molecule has 3 heteroatoms. The van der Waals surface area contributed by atoms with E-state index in [0.717, 1.165) is 40.5 Å². The number of aryl methyl sites for hydroxylation is 1. The van der Waals surface area contributed by atoms with E-state index in [2.05, 4.69) is 89.0 Å². The van der Waals surface area contributed by atoms with E-state index in [-0.39, 0.29) is 0 Å². The van der Waals surface area contributed by atoms with Gasteiger partial charge in [-0.3, -0.25) is 4.99 Å². The van der Waals surface area contributed by atoms with E-state index in [0.29, 0.717) is 5.92 Å². The molecule has 0 bridgehead atoms. The van der Waals surface area contributed by atoms with Gasteiger partial charge < -0.3 is 4.98 Å². The summed E-state index contributed by atoms with van der Waals surface area (Å²) in [6.45, 7) is 13.3. The van der Waals surface area contributed by atoms with Crippen molar-refractivity contribution in [3.63, 3.8) is 0 Å². The number of rotatable bonds is 10. The Morgan fingerprint density at radius 2 is 1.75 bits per heavy atom. The van der Waals surface area contributed by atoms with Crippen LogP contribution in [-0.2, 0) is 6.42 Å². The fourth-order valence-corrected chi connectivity index (χ4v) is 4.09. The number of hydrogen-bond donors (Lipinski definition) is 1. The van der Waals surface area contributed by atoms with Crippen LogP contribution in [0.4, 0.5) is 0 Å². The average Bonchev–Trinajstić information content (AvgIpc) is 3.26. The first-order valence-corrected chi connectivity index (χ1v) is 12.3. The number of imidazole rings is 1. The third kappa shape index (κ3) is 5.97. The lowest BCUT2D eigenvalue weighted by Crippen LogP contribution is -2.02. The van der Waals surface area contributed by atoms with Crippen molar-refractivity contribution < 1.29 is 0 Å². The van der Waals surface area contributed by atoms with Crippen LogP contribution in [0.15, 0.2) is 53.7 Å². The largest absolute Gasteiger partial charge is 0.338 e. The number of nitrogens with zero attached hydrogens (tertiary/aromatic N) is 2. The normalized spacial score (nSPS) is 14.7. The van der Waals surface area contributed by atoms with Gasteiger partial charge >= 0.3 is 0 Å². The van der Waals surface area contributed by atoms with E-state index in [4.69, 9.17) is 9.98 Å². The van der Waals surface area contributed by atoms with Crippen LogP contribution < -0.4 is 0 Å². The van der Waals surface area contributed by atoms with Gasteiger partial charge in [0.15, 0.2) is 0 Å². The summed E-state index contributed by atoms with van der Waals surface area (Å²) >= 11 is 0. The molecule has 3 nitrogen and oxygen atoms in total. The lowest BCUT2D eigenvalue weighted by Gasteiger charge is -2.18. The Bertz CT molecular complexity index is 1070. The van der Waals surface area contributed by atoms with Crippen LogP contribution in [0.1, 0.15) is 95.7 Å². The lowest BCUT2D eigenvalue weighted by atomic mass is 9.88. The van der Waals surface area contributed by atoms with Gasteiger partial charge in [0.05, 0.1) is 11.0 Å². The van der Waals surface area contributed by atoms with Gasteiger partial charge in [0.2, 0.25) is 0 Å². The summed E-state index contributed by atoms with van der Waals surface area (Å²) in [7, 11) is 0. The predicted octanol–water partition coefficient (Wildman–Crippen LogP) is 8.32. The maximum absolute atomic E-state index is 4.73. The topological polar surface area (TPSA) is 41.0 Å². The molecular formula is C29H39N3. The van der Waals surface area contributed by atoms with E-state index in [1.165, 1.54) is 42.4 Å². The summed E-state index contributed by atoms with van der Waals surface area (Å²) in [4.78, 5) is 12.9. The Morgan fingerprint density at radius 3 is 2.41 bits per heavy atom. The molecule has 3 rings (SSSR count). The quantitative estimate of drug-likeness (QED) is 0.323. The highest BCUT2D eigenvalue weighted by atomic mass is 14.9. The van der Waals surface area contributed by atoms with Crippen molar-refractivity contribution in [2.75, 3.05) is 0 Å². The molecule has 2 atom stereocenters. The van der Waals surface area contributed by atoms with E-state index >= 15 is 0 Å². The Hall–Kier alpha value is -2.68. The molecular weight excluding hydrogens is 390 g/mol. The van der Waals surface area contributed by atoms with Crippen LogP contribution in [0.3, 0.4) is 0 Å². The third-order valence-corrected chi connectivity index (χ3v) is 6.78. The maximum atomic E-state index is 4.73. The molecule has 0 aliphatic carbocycles. The number of aliphatic imine (C=N–C) groups is 1. The molecule has 0 saturated carbocycles. The molecule has 0 aliphatic heterocycles. The second-order valence-electron chi connectivity index (χ2n) is 9.14. The van der Waals surface area contributed by atoms with Gasteiger partial charge in [-0.05, 0) is 73.8 Å². The van der Waals surface area contributed by atoms with E-state index in [1.807, 2.05) is 6.20 Å². The van der Waals surface area contributed by atoms with E-state index in [9.17, 15) is 0 Å². The van der Waals surface area contributed by atoms with Gasteiger partial charge in [-0.1, -0.05) is 70.9 Å². The number of fused-ring (bicyclic) bond motifs is 1. The number of hydrogen-bond acceptors (Lipinski definition) is 2. The van der Waals surface area contributed by atoms with Crippen LogP contribution in [0.5, 0.6) is 0 Å². The molecule has 1 heterocycles. The molecule has 0 saturated heterocycles. The van der Waals surface area contributed by atoms with Crippen molar-refractivity contribution in [3.05, 3.63) is 71.2 Å². The minimum atomic E-state index is 0.652. The zero-order chi connectivity index (χ0) is 23.1. The molecule has 1 aromatic heterocycles. The van der Waals surface area contributed by atoms with Gasteiger partial charge in [0, 0.05) is 17.5 Å². The summed E-state index contributed by atoms with van der Waals surface area (Å²) in [6.07, 6.45) is 7.99.